The van der Waals surface area contributed by atoms with Crippen molar-refractivity contribution in [3.05, 3.63) is 29.3 Å². The minimum absolute atomic E-state index is 0.106. The van der Waals surface area contributed by atoms with Gasteiger partial charge in [0, 0.05) is 12.6 Å². The SMILES string of the molecule is CC[C@H]1C[C@@H](O)CCN1S(=O)(=O)c1ccc(C)c(C)c1. The maximum Gasteiger partial charge on any atom is 0.243 e. The van der Waals surface area contributed by atoms with E-state index in [-0.39, 0.29) is 12.1 Å². The second-order valence-corrected chi connectivity index (χ2v) is 7.49. The number of piperidine rings is 1. The van der Waals surface area contributed by atoms with Gasteiger partial charge in [0.15, 0.2) is 0 Å². The van der Waals surface area contributed by atoms with Crippen molar-refractivity contribution in [2.75, 3.05) is 6.54 Å². The predicted octanol–water partition coefficient (Wildman–Crippen LogP) is 2.23. The number of hydrogen-bond acceptors (Lipinski definition) is 3. The molecule has 0 spiro atoms. The zero-order valence-corrected chi connectivity index (χ0v) is 13.2. The molecule has 20 heavy (non-hydrogen) atoms. The first kappa shape index (κ1) is 15.5. The van der Waals surface area contributed by atoms with E-state index in [1.807, 2.05) is 26.8 Å². The lowest BCUT2D eigenvalue weighted by Gasteiger charge is -2.36. The Hall–Kier alpha value is -0.910. The van der Waals surface area contributed by atoms with Gasteiger partial charge in [0.1, 0.15) is 0 Å². The summed E-state index contributed by atoms with van der Waals surface area (Å²) in [5.41, 5.74) is 2.07. The number of aryl methyl sites for hydroxylation is 2. The third-order valence-electron chi connectivity index (χ3n) is 4.19. The van der Waals surface area contributed by atoms with Gasteiger partial charge in [0.2, 0.25) is 10.0 Å². The topological polar surface area (TPSA) is 57.6 Å². The van der Waals surface area contributed by atoms with Crippen molar-refractivity contribution in [3.63, 3.8) is 0 Å². The fourth-order valence-corrected chi connectivity index (χ4v) is 4.51. The second kappa shape index (κ2) is 5.84. The molecule has 112 valence electrons. The lowest BCUT2D eigenvalue weighted by atomic mass is 10.0. The highest BCUT2D eigenvalue weighted by molar-refractivity contribution is 7.89. The van der Waals surface area contributed by atoms with Crippen molar-refractivity contribution in [2.45, 2.75) is 57.1 Å². The van der Waals surface area contributed by atoms with E-state index in [1.165, 1.54) is 0 Å². The van der Waals surface area contributed by atoms with E-state index in [0.29, 0.717) is 24.3 Å². The Balaban J connectivity index is 2.35. The van der Waals surface area contributed by atoms with Crippen LogP contribution in [0.3, 0.4) is 0 Å². The van der Waals surface area contributed by atoms with E-state index < -0.39 is 10.0 Å². The molecular formula is C15H23NO3S. The normalized spacial score (nSPS) is 24.8. The largest absolute Gasteiger partial charge is 0.393 e. The van der Waals surface area contributed by atoms with Crippen molar-refractivity contribution in [2.24, 2.45) is 0 Å². The van der Waals surface area contributed by atoms with Gasteiger partial charge < -0.3 is 5.11 Å². The van der Waals surface area contributed by atoms with E-state index in [4.69, 9.17) is 0 Å². The maximum absolute atomic E-state index is 12.8. The Morgan fingerprint density at radius 3 is 2.60 bits per heavy atom. The molecule has 0 bridgehead atoms. The smallest absolute Gasteiger partial charge is 0.243 e. The van der Waals surface area contributed by atoms with Crippen LogP contribution in [0.1, 0.15) is 37.3 Å². The number of hydrogen-bond donors (Lipinski definition) is 1. The molecule has 5 heteroatoms. The minimum Gasteiger partial charge on any atom is -0.393 e. The number of nitrogens with zero attached hydrogens (tertiary/aromatic N) is 1. The maximum atomic E-state index is 12.8. The molecule has 0 aliphatic carbocycles. The molecule has 1 aromatic rings. The van der Waals surface area contributed by atoms with Crippen LogP contribution < -0.4 is 0 Å². The lowest BCUT2D eigenvalue weighted by Crippen LogP contribution is -2.47. The van der Waals surface area contributed by atoms with Crippen LogP contribution in [0.2, 0.25) is 0 Å². The molecule has 0 unspecified atom stereocenters. The van der Waals surface area contributed by atoms with Gasteiger partial charge in [-0.3, -0.25) is 0 Å². The Kier molecular flexibility index (Phi) is 4.52. The van der Waals surface area contributed by atoms with E-state index in [9.17, 15) is 13.5 Å². The van der Waals surface area contributed by atoms with E-state index >= 15 is 0 Å². The summed E-state index contributed by atoms with van der Waals surface area (Å²) in [6, 6.07) is 5.16. The Labute approximate surface area is 121 Å². The number of rotatable bonds is 3. The fraction of sp³-hybridized carbons (Fsp3) is 0.600. The third-order valence-corrected chi connectivity index (χ3v) is 6.14. The van der Waals surface area contributed by atoms with Gasteiger partial charge in [-0.2, -0.15) is 4.31 Å². The summed E-state index contributed by atoms with van der Waals surface area (Å²) in [4.78, 5) is 0.357. The molecule has 1 aliphatic rings. The van der Waals surface area contributed by atoms with Gasteiger partial charge in [-0.1, -0.05) is 13.0 Å². The van der Waals surface area contributed by atoms with Crippen molar-refractivity contribution in [1.82, 2.24) is 4.31 Å². The molecule has 4 nitrogen and oxygen atoms in total. The Morgan fingerprint density at radius 1 is 1.30 bits per heavy atom. The van der Waals surface area contributed by atoms with Crippen molar-refractivity contribution >= 4 is 10.0 Å². The molecule has 1 heterocycles. The molecular weight excluding hydrogens is 274 g/mol. The first-order valence-electron chi connectivity index (χ1n) is 7.13. The first-order valence-corrected chi connectivity index (χ1v) is 8.57. The summed E-state index contributed by atoms with van der Waals surface area (Å²) in [5.74, 6) is 0. The standard InChI is InChI=1S/C15H23NO3S/c1-4-13-10-14(17)7-8-16(13)20(18,19)15-6-5-11(2)12(3)9-15/h5-6,9,13-14,17H,4,7-8,10H2,1-3H3/t13-,14-/m0/s1. The van der Waals surface area contributed by atoms with Gasteiger partial charge in [0.05, 0.1) is 11.0 Å². The van der Waals surface area contributed by atoms with Crippen LogP contribution in [0.15, 0.2) is 23.1 Å². The molecule has 1 aliphatic heterocycles. The van der Waals surface area contributed by atoms with Gasteiger partial charge in [-0.05, 0) is 56.4 Å². The number of aliphatic hydroxyl groups is 1. The quantitative estimate of drug-likeness (QED) is 0.930. The zero-order valence-electron chi connectivity index (χ0n) is 12.3. The van der Waals surface area contributed by atoms with Crippen LogP contribution in [0.4, 0.5) is 0 Å². The molecule has 0 amide bonds. The molecule has 1 N–H and O–H groups in total. The fourth-order valence-electron chi connectivity index (χ4n) is 2.70. The molecule has 0 radical (unpaired) electrons. The number of sulfonamides is 1. The lowest BCUT2D eigenvalue weighted by molar-refractivity contribution is 0.0797. The molecule has 2 rings (SSSR count). The van der Waals surface area contributed by atoms with Crippen molar-refractivity contribution in [3.8, 4) is 0 Å². The van der Waals surface area contributed by atoms with Crippen LogP contribution in [0, 0.1) is 13.8 Å². The Bertz CT molecular complexity index is 583. The average Bonchev–Trinajstić information content (AvgIpc) is 2.41. The van der Waals surface area contributed by atoms with Crippen molar-refractivity contribution in [1.29, 1.82) is 0 Å². The molecule has 2 atom stereocenters. The van der Waals surface area contributed by atoms with Crippen LogP contribution in [0.25, 0.3) is 0 Å². The number of benzene rings is 1. The van der Waals surface area contributed by atoms with Crippen molar-refractivity contribution < 1.29 is 13.5 Å². The summed E-state index contributed by atoms with van der Waals surface area (Å²) in [6.45, 7) is 6.25. The highest BCUT2D eigenvalue weighted by Gasteiger charge is 2.35. The van der Waals surface area contributed by atoms with Gasteiger partial charge in [-0.15, -0.1) is 0 Å². The zero-order chi connectivity index (χ0) is 14.9. The molecule has 1 aromatic carbocycles. The third kappa shape index (κ3) is 2.90. The summed E-state index contributed by atoms with van der Waals surface area (Å²) >= 11 is 0. The predicted molar refractivity (Wildman–Crippen MR) is 79.1 cm³/mol. The summed E-state index contributed by atoms with van der Waals surface area (Å²) in [5, 5.41) is 9.72. The average molecular weight is 297 g/mol. The second-order valence-electron chi connectivity index (χ2n) is 5.60. The van der Waals surface area contributed by atoms with E-state index in [1.54, 1.807) is 16.4 Å². The highest BCUT2D eigenvalue weighted by Crippen LogP contribution is 2.28. The van der Waals surface area contributed by atoms with Gasteiger partial charge >= 0.3 is 0 Å². The monoisotopic (exact) mass is 297 g/mol. The Morgan fingerprint density at radius 2 is 2.00 bits per heavy atom. The summed E-state index contributed by atoms with van der Waals surface area (Å²) in [6.07, 6.45) is 1.38. The minimum atomic E-state index is -3.46. The van der Waals surface area contributed by atoms with Crippen LogP contribution in [0.5, 0.6) is 0 Å². The molecule has 1 fully saturated rings. The molecule has 1 saturated heterocycles. The van der Waals surface area contributed by atoms with Gasteiger partial charge in [0.25, 0.3) is 0 Å². The summed E-state index contributed by atoms with van der Waals surface area (Å²) in [7, 11) is -3.46. The van der Waals surface area contributed by atoms with Crippen LogP contribution in [-0.2, 0) is 10.0 Å². The number of aliphatic hydroxyl groups excluding tert-OH is 1. The van der Waals surface area contributed by atoms with E-state index in [2.05, 4.69) is 0 Å². The molecule has 0 saturated carbocycles. The van der Waals surface area contributed by atoms with Gasteiger partial charge in [-0.25, -0.2) is 8.42 Å². The summed E-state index contributed by atoms with van der Waals surface area (Å²) < 4.78 is 27.1. The van der Waals surface area contributed by atoms with Crippen LogP contribution in [-0.4, -0.2) is 36.5 Å². The van der Waals surface area contributed by atoms with Crippen LogP contribution >= 0.6 is 0 Å². The highest BCUT2D eigenvalue weighted by atomic mass is 32.2. The molecule has 0 aromatic heterocycles. The van der Waals surface area contributed by atoms with E-state index in [0.717, 1.165) is 17.5 Å². The first-order chi connectivity index (χ1) is 9.36.